The van der Waals surface area contributed by atoms with Gasteiger partial charge in [-0.1, -0.05) is 0 Å². The van der Waals surface area contributed by atoms with Gasteiger partial charge < -0.3 is 9.84 Å². The molecule has 2 fully saturated rings. The number of rotatable bonds is 1. The van der Waals surface area contributed by atoms with Crippen molar-refractivity contribution in [2.24, 2.45) is 11.3 Å². The van der Waals surface area contributed by atoms with Crippen molar-refractivity contribution in [1.82, 2.24) is 0 Å². The summed E-state index contributed by atoms with van der Waals surface area (Å²) in [5.74, 6) is -1.66. The van der Waals surface area contributed by atoms with E-state index in [0.717, 1.165) is 6.42 Å². The summed E-state index contributed by atoms with van der Waals surface area (Å²) in [5.41, 5.74) is -0.977. The molecule has 4 nitrogen and oxygen atoms in total. The number of carbonyl (C=O) groups is 2. The predicted molar refractivity (Wildman–Crippen MR) is 43.0 cm³/mol. The van der Waals surface area contributed by atoms with Crippen LogP contribution in [0.3, 0.4) is 0 Å². The van der Waals surface area contributed by atoms with Crippen LogP contribution in [0, 0.1) is 11.3 Å². The largest absolute Gasteiger partial charge is 0.481 e. The minimum atomic E-state index is -0.977. The van der Waals surface area contributed by atoms with E-state index in [1.807, 2.05) is 0 Å². The van der Waals surface area contributed by atoms with Crippen molar-refractivity contribution in [3.05, 3.63) is 0 Å². The quantitative estimate of drug-likeness (QED) is 0.612. The highest BCUT2D eigenvalue weighted by atomic mass is 16.6. The van der Waals surface area contributed by atoms with Crippen LogP contribution in [0.25, 0.3) is 0 Å². The standard InChI is InChI=1S/C9H12O4/c1-9(8(11)12)5-3-2-4-6(9)13-7(5)10/h5-6H,2-4H2,1H3,(H,11,12)/t5-,6-,9?/m1/s1. The first-order valence-electron chi connectivity index (χ1n) is 4.50. The average molecular weight is 184 g/mol. The molecule has 1 aliphatic carbocycles. The smallest absolute Gasteiger partial charge is 0.314 e. The molecule has 1 N–H and O–H groups in total. The van der Waals surface area contributed by atoms with Gasteiger partial charge in [-0.25, -0.2) is 0 Å². The van der Waals surface area contributed by atoms with Crippen molar-refractivity contribution in [2.45, 2.75) is 32.3 Å². The fourth-order valence-corrected chi connectivity index (χ4v) is 2.38. The number of hydrogen-bond donors (Lipinski definition) is 1. The summed E-state index contributed by atoms with van der Waals surface area (Å²) in [6, 6.07) is 0. The van der Waals surface area contributed by atoms with E-state index in [0.29, 0.717) is 12.8 Å². The first-order valence-corrected chi connectivity index (χ1v) is 4.50. The summed E-state index contributed by atoms with van der Waals surface area (Å²) in [7, 11) is 0. The van der Waals surface area contributed by atoms with E-state index in [9.17, 15) is 9.59 Å². The molecular formula is C9H12O4. The van der Waals surface area contributed by atoms with E-state index >= 15 is 0 Å². The van der Waals surface area contributed by atoms with Crippen molar-refractivity contribution < 1.29 is 19.4 Å². The zero-order chi connectivity index (χ0) is 9.64. The summed E-state index contributed by atoms with van der Waals surface area (Å²) >= 11 is 0. The highest BCUT2D eigenvalue weighted by Gasteiger charge is 2.60. The monoisotopic (exact) mass is 184 g/mol. The SMILES string of the molecule is CC1(C(=O)O)[C@@H]2CCC[C@H]1OC2=O. The van der Waals surface area contributed by atoms with Crippen LogP contribution < -0.4 is 0 Å². The Kier molecular flexibility index (Phi) is 1.62. The molecule has 72 valence electrons. The lowest BCUT2D eigenvalue weighted by molar-refractivity contribution is -0.155. The molecule has 1 saturated carbocycles. The summed E-state index contributed by atoms with van der Waals surface area (Å²) < 4.78 is 5.04. The van der Waals surface area contributed by atoms with Crippen LogP contribution in [0.5, 0.6) is 0 Å². The number of esters is 1. The van der Waals surface area contributed by atoms with Gasteiger partial charge in [0.05, 0.1) is 5.92 Å². The Balaban J connectivity index is 2.39. The lowest BCUT2D eigenvalue weighted by Crippen LogP contribution is -2.44. The van der Waals surface area contributed by atoms with E-state index in [-0.39, 0.29) is 5.97 Å². The Bertz CT molecular complexity index is 271. The van der Waals surface area contributed by atoms with Gasteiger partial charge >= 0.3 is 11.9 Å². The minimum absolute atomic E-state index is 0.326. The average Bonchev–Trinajstić information content (AvgIpc) is 2.23. The van der Waals surface area contributed by atoms with E-state index in [1.165, 1.54) is 0 Å². The lowest BCUT2D eigenvalue weighted by atomic mass is 9.68. The topological polar surface area (TPSA) is 63.6 Å². The van der Waals surface area contributed by atoms with Gasteiger partial charge in [-0.3, -0.25) is 9.59 Å². The molecule has 1 heterocycles. The molecule has 0 aromatic carbocycles. The van der Waals surface area contributed by atoms with Crippen LogP contribution >= 0.6 is 0 Å². The van der Waals surface area contributed by atoms with Gasteiger partial charge in [0.25, 0.3) is 0 Å². The van der Waals surface area contributed by atoms with Gasteiger partial charge in [-0.05, 0) is 26.2 Å². The summed E-state index contributed by atoms with van der Waals surface area (Å²) in [6.45, 7) is 1.62. The molecule has 0 spiro atoms. The maximum atomic E-state index is 11.3. The third-order valence-electron chi connectivity index (χ3n) is 3.36. The predicted octanol–water partition coefficient (Wildman–Crippen LogP) is 0.803. The normalized spacial score (nSPS) is 43.0. The second-order valence-corrected chi connectivity index (χ2v) is 4.00. The number of carbonyl (C=O) groups excluding carboxylic acids is 1. The molecule has 2 aliphatic rings. The molecule has 3 atom stereocenters. The first kappa shape index (κ1) is 8.53. The van der Waals surface area contributed by atoms with E-state index < -0.39 is 23.4 Å². The van der Waals surface area contributed by atoms with Crippen molar-refractivity contribution in [1.29, 1.82) is 0 Å². The highest BCUT2D eigenvalue weighted by Crippen LogP contribution is 2.48. The van der Waals surface area contributed by atoms with Crippen LogP contribution in [-0.2, 0) is 14.3 Å². The van der Waals surface area contributed by atoms with Crippen LogP contribution in [0.15, 0.2) is 0 Å². The zero-order valence-electron chi connectivity index (χ0n) is 7.45. The number of carboxylic acids is 1. The first-order chi connectivity index (χ1) is 6.06. The van der Waals surface area contributed by atoms with E-state index in [1.54, 1.807) is 6.92 Å². The van der Waals surface area contributed by atoms with Crippen LogP contribution in [0.1, 0.15) is 26.2 Å². The fraction of sp³-hybridized carbons (Fsp3) is 0.778. The number of carboxylic acid groups (broad SMARTS) is 1. The summed E-state index contributed by atoms with van der Waals surface area (Å²) in [6.07, 6.45) is 1.82. The van der Waals surface area contributed by atoms with Crippen molar-refractivity contribution in [3.8, 4) is 0 Å². The van der Waals surface area contributed by atoms with Crippen LogP contribution in [-0.4, -0.2) is 23.1 Å². The molecule has 2 rings (SSSR count). The molecule has 0 aromatic rings. The van der Waals surface area contributed by atoms with Gasteiger partial charge in [0.1, 0.15) is 11.5 Å². The van der Waals surface area contributed by atoms with Gasteiger partial charge in [0.2, 0.25) is 0 Å². The Labute approximate surface area is 75.9 Å². The molecule has 1 unspecified atom stereocenters. The maximum Gasteiger partial charge on any atom is 0.314 e. The molecule has 2 bridgehead atoms. The second-order valence-electron chi connectivity index (χ2n) is 4.00. The molecule has 1 saturated heterocycles. The van der Waals surface area contributed by atoms with Crippen molar-refractivity contribution in [3.63, 3.8) is 0 Å². The van der Waals surface area contributed by atoms with Gasteiger partial charge in [-0.2, -0.15) is 0 Å². The van der Waals surface area contributed by atoms with Crippen LogP contribution in [0.4, 0.5) is 0 Å². The fourth-order valence-electron chi connectivity index (χ4n) is 2.38. The molecule has 1 aliphatic heterocycles. The number of ether oxygens (including phenoxy) is 1. The molecule has 0 aromatic heterocycles. The Hall–Kier alpha value is -1.06. The lowest BCUT2D eigenvalue weighted by Gasteiger charge is -2.32. The molecule has 0 radical (unpaired) electrons. The van der Waals surface area contributed by atoms with Gasteiger partial charge in [0.15, 0.2) is 0 Å². The maximum absolute atomic E-state index is 11.3. The van der Waals surface area contributed by atoms with Crippen molar-refractivity contribution >= 4 is 11.9 Å². The number of hydrogen-bond acceptors (Lipinski definition) is 3. The third kappa shape index (κ3) is 0.913. The van der Waals surface area contributed by atoms with Gasteiger partial charge in [-0.15, -0.1) is 0 Å². The zero-order valence-corrected chi connectivity index (χ0v) is 7.45. The number of fused-ring (bicyclic) bond motifs is 2. The molecule has 0 amide bonds. The Morgan fingerprint density at radius 3 is 2.77 bits per heavy atom. The molecule has 13 heavy (non-hydrogen) atoms. The van der Waals surface area contributed by atoms with Crippen molar-refractivity contribution in [2.75, 3.05) is 0 Å². The Morgan fingerprint density at radius 2 is 2.31 bits per heavy atom. The van der Waals surface area contributed by atoms with E-state index in [2.05, 4.69) is 0 Å². The summed E-state index contributed by atoms with van der Waals surface area (Å²) in [5, 5.41) is 9.06. The van der Waals surface area contributed by atoms with Crippen LogP contribution in [0.2, 0.25) is 0 Å². The Morgan fingerprint density at radius 1 is 1.62 bits per heavy atom. The molecular weight excluding hydrogens is 172 g/mol. The molecule has 4 heteroatoms. The third-order valence-corrected chi connectivity index (χ3v) is 3.36. The second kappa shape index (κ2) is 2.47. The van der Waals surface area contributed by atoms with Gasteiger partial charge in [0, 0.05) is 0 Å². The number of aliphatic carboxylic acids is 1. The highest BCUT2D eigenvalue weighted by molar-refractivity contribution is 5.88. The minimum Gasteiger partial charge on any atom is -0.481 e. The summed E-state index contributed by atoms with van der Waals surface area (Å²) in [4.78, 5) is 22.3. The van der Waals surface area contributed by atoms with E-state index in [4.69, 9.17) is 9.84 Å².